The van der Waals surface area contributed by atoms with Crippen molar-refractivity contribution < 1.29 is 9.90 Å². The number of unbranched alkanes of at least 4 members (excludes halogenated alkanes) is 3. The summed E-state index contributed by atoms with van der Waals surface area (Å²) in [5.41, 5.74) is 0.854. The summed E-state index contributed by atoms with van der Waals surface area (Å²) in [6.07, 6.45) is 6.15. The van der Waals surface area contributed by atoms with Gasteiger partial charge in [0, 0.05) is 5.71 Å². The van der Waals surface area contributed by atoms with Gasteiger partial charge in [-0.1, -0.05) is 33.1 Å². The molecular weight excluding hydrogens is 178 g/mol. The predicted molar refractivity (Wildman–Crippen MR) is 59.1 cm³/mol. The van der Waals surface area contributed by atoms with Crippen molar-refractivity contribution >= 4 is 11.8 Å². The molecule has 0 aliphatic carbocycles. The van der Waals surface area contributed by atoms with Crippen LogP contribution in [-0.2, 0) is 0 Å². The standard InChI is InChI=1S/C11H21NO2/c1-3-5-7-9-10(8-6-4-2)12-11(13)14/h3-9H2,1-2H3,(H,13,14). The van der Waals surface area contributed by atoms with Crippen LogP contribution in [0.25, 0.3) is 0 Å². The first-order valence-corrected chi connectivity index (χ1v) is 5.50. The first-order valence-electron chi connectivity index (χ1n) is 5.50. The number of hydrogen-bond acceptors (Lipinski definition) is 1. The van der Waals surface area contributed by atoms with E-state index >= 15 is 0 Å². The maximum atomic E-state index is 10.4. The van der Waals surface area contributed by atoms with Gasteiger partial charge in [-0.05, 0) is 25.7 Å². The van der Waals surface area contributed by atoms with Crippen LogP contribution >= 0.6 is 0 Å². The fraction of sp³-hybridized carbons (Fsp3) is 0.818. The Bertz CT molecular complexity index is 188. The van der Waals surface area contributed by atoms with Gasteiger partial charge in [0.1, 0.15) is 0 Å². The number of rotatable bonds is 7. The van der Waals surface area contributed by atoms with E-state index in [-0.39, 0.29) is 0 Å². The van der Waals surface area contributed by atoms with Crippen LogP contribution in [0, 0.1) is 0 Å². The fourth-order valence-corrected chi connectivity index (χ4v) is 1.33. The summed E-state index contributed by atoms with van der Waals surface area (Å²) in [6.45, 7) is 4.24. The van der Waals surface area contributed by atoms with E-state index in [2.05, 4.69) is 18.8 Å². The number of carbonyl (C=O) groups is 1. The lowest BCUT2D eigenvalue weighted by atomic mass is 10.1. The molecule has 82 valence electrons. The zero-order valence-corrected chi connectivity index (χ0v) is 9.25. The van der Waals surface area contributed by atoms with E-state index in [1.807, 2.05) is 0 Å². The average Bonchev–Trinajstić information content (AvgIpc) is 2.13. The average molecular weight is 199 g/mol. The third-order valence-corrected chi connectivity index (χ3v) is 2.14. The molecule has 0 aliphatic rings. The number of nitrogens with zero attached hydrogens (tertiary/aromatic N) is 1. The van der Waals surface area contributed by atoms with Crippen LogP contribution in [0.5, 0.6) is 0 Å². The molecule has 0 fully saturated rings. The second kappa shape index (κ2) is 8.73. The highest BCUT2D eigenvalue weighted by atomic mass is 16.4. The summed E-state index contributed by atoms with van der Waals surface area (Å²) in [4.78, 5) is 14.0. The van der Waals surface area contributed by atoms with E-state index in [0.29, 0.717) is 0 Å². The Hall–Kier alpha value is -0.860. The van der Waals surface area contributed by atoms with Crippen LogP contribution in [0.1, 0.15) is 58.8 Å². The Kier molecular flexibility index (Phi) is 8.19. The Labute approximate surface area is 86.2 Å². The first-order chi connectivity index (χ1) is 6.70. The second-order valence-electron chi connectivity index (χ2n) is 3.52. The maximum absolute atomic E-state index is 10.4. The maximum Gasteiger partial charge on any atom is 0.431 e. The van der Waals surface area contributed by atoms with Crippen LogP contribution in [-0.4, -0.2) is 16.9 Å². The van der Waals surface area contributed by atoms with Crippen molar-refractivity contribution in [2.75, 3.05) is 0 Å². The molecule has 0 unspecified atom stereocenters. The summed E-state index contributed by atoms with van der Waals surface area (Å²) < 4.78 is 0. The topological polar surface area (TPSA) is 49.7 Å². The molecule has 14 heavy (non-hydrogen) atoms. The van der Waals surface area contributed by atoms with Gasteiger partial charge in [-0.2, -0.15) is 4.99 Å². The van der Waals surface area contributed by atoms with Gasteiger partial charge in [0.05, 0.1) is 0 Å². The molecule has 0 saturated heterocycles. The molecule has 0 aromatic rings. The molecule has 0 aromatic heterocycles. The van der Waals surface area contributed by atoms with Crippen molar-refractivity contribution in [1.82, 2.24) is 0 Å². The molecule has 1 N–H and O–H groups in total. The van der Waals surface area contributed by atoms with Gasteiger partial charge in [-0.25, -0.2) is 4.79 Å². The molecule has 3 heteroatoms. The third kappa shape index (κ3) is 7.77. The van der Waals surface area contributed by atoms with E-state index < -0.39 is 6.09 Å². The zero-order chi connectivity index (χ0) is 10.8. The van der Waals surface area contributed by atoms with Gasteiger partial charge in [0.25, 0.3) is 0 Å². The number of carboxylic acid groups (broad SMARTS) is 1. The van der Waals surface area contributed by atoms with Crippen LogP contribution in [0.2, 0.25) is 0 Å². The van der Waals surface area contributed by atoms with Gasteiger partial charge in [-0.15, -0.1) is 0 Å². The molecule has 0 bridgehead atoms. The number of hydrogen-bond donors (Lipinski definition) is 1. The molecule has 0 heterocycles. The van der Waals surface area contributed by atoms with E-state index in [1.54, 1.807) is 0 Å². The van der Waals surface area contributed by atoms with Crippen molar-refractivity contribution in [3.8, 4) is 0 Å². The molecule has 0 rings (SSSR count). The van der Waals surface area contributed by atoms with E-state index in [0.717, 1.165) is 50.7 Å². The lowest BCUT2D eigenvalue weighted by Crippen LogP contribution is -2.02. The lowest BCUT2D eigenvalue weighted by Gasteiger charge is -2.03. The fourth-order valence-electron chi connectivity index (χ4n) is 1.33. The van der Waals surface area contributed by atoms with Crippen LogP contribution in [0.15, 0.2) is 4.99 Å². The summed E-state index contributed by atoms with van der Waals surface area (Å²) in [7, 11) is 0. The molecule has 0 aliphatic heterocycles. The van der Waals surface area contributed by atoms with Crippen molar-refractivity contribution in [1.29, 1.82) is 0 Å². The molecule has 0 aromatic carbocycles. The van der Waals surface area contributed by atoms with E-state index in [1.165, 1.54) is 0 Å². The minimum absolute atomic E-state index is 0.840. The first kappa shape index (κ1) is 13.1. The molecule has 0 saturated carbocycles. The molecule has 3 nitrogen and oxygen atoms in total. The minimum Gasteiger partial charge on any atom is -0.463 e. The summed E-state index contributed by atoms with van der Waals surface area (Å²) in [6, 6.07) is 0. The smallest absolute Gasteiger partial charge is 0.431 e. The summed E-state index contributed by atoms with van der Waals surface area (Å²) in [5, 5.41) is 8.55. The minimum atomic E-state index is -1.05. The number of amides is 1. The highest BCUT2D eigenvalue weighted by Gasteiger charge is 2.01. The molecule has 0 radical (unpaired) electrons. The summed E-state index contributed by atoms with van der Waals surface area (Å²) >= 11 is 0. The van der Waals surface area contributed by atoms with Gasteiger partial charge >= 0.3 is 6.09 Å². The highest BCUT2D eigenvalue weighted by Crippen LogP contribution is 2.07. The van der Waals surface area contributed by atoms with Crippen molar-refractivity contribution in [2.24, 2.45) is 4.99 Å². The highest BCUT2D eigenvalue weighted by molar-refractivity contribution is 5.92. The van der Waals surface area contributed by atoms with Gasteiger partial charge in [-0.3, -0.25) is 0 Å². The Morgan fingerprint density at radius 3 is 2.14 bits per heavy atom. The zero-order valence-electron chi connectivity index (χ0n) is 9.25. The van der Waals surface area contributed by atoms with Gasteiger partial charge < -0.3 is 5.11 Å². The van der Waals surface area contributed by atoms with Crippen LogP contribution in [0.4, 0.5) is 4.79 Å². The number of aliphatic imine (C=N–C) groups is 1. The van der Waals surface area contributed by atoms with Crippen LogP contribution in [0.3, 0.4) is 0 Å². The normalized spacial score (nSPS) is 11.7. The monoisotopic (exact) mass is 199 g/mol. The Morgan fingerprint density at radius 1 is 1.07 bits per heavy atom. The molecular formula is C11H21NO2. The van der Waals surface area contributed by atoms with E-state index in [4.69, 9.17) is 5.11 Å². The quantitative estimate of drug-likeness (QED) is 0.499. The van der Waals surface area contributed by atoms with E-state index in [9.17, 15) is 4.79 Å². The van der Waals surface area contributed by atoms with Gasteiger partial charge in [0.15, 0.2) is 0 Å². The predicted octanol–water partition coefficient (Wildman–Crippen LogP) is 3.88. The summed E-state index contributed by atoms with van der Waals surface area (Å²) in [5.74, 6) is 0. The SMILES string of the molecule is CCCCCC(CCCC)=NC(=O)O. The molecule has 1 amide bonds. The molecule has 0 atom stereocenters. The van der Waals surface area contributed by atoms with Crippen molar-refractivity contribution in [3.63, 3.8) is 0 Å². The van der Waals surface area contributed by atoms with Crippen molar-refractivity contribution in [3.05, 3.63) is 0 Å². The Balaban J connectivity index is 3.91. The Morgan fingerprint density at radius 2 is 1.64 bits per heavy atom. The largest absolute Gasteiger partial charge is 0.463 e. The second-order valence-corrected chi connectivity index (χ2v) is 3.52. The van der Waals surface area contributed by atoms with Crippen molar-refractivity contribution in [2.45, 2.75) is 58.8 Å². The third-order valence-electron chi connectivity index (χ3n) is 2.14. The van der Waals surface area contributed by atoms with Gasteiger partial charge in [0.2, 0.25) is 0 Å². The van der Waals surface area contributed by atoms with Crippen LogP contribution < -0.4 is 0 Å². The lowest BCUT2D eigenvalue weighted by molar-refractivity contribution is 0.205. The molecule has 0 spiro atoms.